The van der Waals surface area contributed by atoms with Gasteiger partial charge in [-0.15, -0.1) is 11.8 Å². The minimum Gasteiger partial charge on any atom is -0.293 e. The van der Waals surface area contributed by atoms with E-state index < -0.39 is 0 Å². The predicted molar refractivity (Wildman–Crippen MR) is 84.2 cm³/mol. The lowest BCUT2D eigenvalue weighted by atomic mass is 10.2. The Hall–Kier alpha value is 0.660. The molecule has 0 aliphatic carbocycles. The van der Waals surface area contributed by atoms with Gasteiger partial charge in [-0.05, 0) is 37.3 Å². The van der Waals surface area contributed by atoms with Gasteiger partial charge in [0.05, 0.1) is 0 Å². The van der Waals surface area contributed by atoms with Gasteiger partial charge in [0.25, 0.3) is 0 Å². The lowest BCUT2D eigenvalue weighted by molar-refractivity contribution is 0.346. The largest absolute Gasteiger partial charge is 0.293 e. The van der Waals surface area contributed by atoms with Crippen molar-refractivity contribution in [3.8, 4) is 0 Å². The molecule has 3 heteroatoms. The van der Waals surface area contributed by atoms with Gasteiger partial charge in [0.1, 0.15) is 0 Å². The zero-order chi connectivity index (χ0) is 12.2. The second kappa shape index (κ2) is 11.7. The zero-order valence-electron chi connectivity index (χ0n) is 11.5. The first kappa shape index (κ1) is 15.7. The highest BCUT2D eigenvalue weighted by Gasteiger charge is 2.10. The topological polar surface area (TPSA) is 3.24 Å². The van der Waals surface area contributed by atoms with Crippen molar-refractivity contribution in [1.29, 1.82) is 0 Å². The molecule has 0 spiro atoms. The van der Waals surface area contributed by atoms with Gasteiger partial charge >= 0.3 is 0 Å². The van der Waals surface area contributed by atoms with Crippen molar-refractivity contribution >= 4 is 23.5 Å². The lowest BCUT2D eigenvalue weighted by Gasteiger charge is -2.12. The first-order valence-corrected chi connectivity index (χ1v) is 9.62. The number of thioether (sulfide) groups is 2. The number of unbranched alkanes of at least 4 members (excludes halogenated alkanes) is 5. The third-order valence-corrected chi connectivity index (χ3v) is 5.40. The van der Waals surface area contributed by atoms with E-state index in [9.17, 15) is 0 Å². The third kappa shape index (κ3) is 9.26. The summed E-state index contributed by atoms with van der Waals surface area (Å²) in [6, 6.07) is 0. The summed E-state index contributed by atoms with van der Waals surface area (Å²) in [6.07, 6.45) is 9.94. The van der Waals surface area contributed by atoms with E-state index in [1.165, 1.54) is 81.2 Å². The van der Waals surface area contributed by atoms with Crippen LogP contribution in [0, 0.1) is 0 Å². The average Bonchev–Trinajstić information content (AvgIpc) is 2.85. The fourth-order valence-corrected chi connectivity index (χ4v) is 4.13. The highest BCUT2D eigenvalue weighted by atomic mass is 32.2. The molecule has 1 nitrogen and oxygen atoms in total. The van der Waals surface area contributed by atoms with E-state index in [1.807, 2.05) is 0 Å². The smallest absolute Gasteiger partial charge is 0.0445 e. The van der Waals surface area contributed by atoms with E-state index in [0.29, 0.717) is 0 Å². The van der Waals surface area contributed by atoms with E-state index in [4.69, 9.17) is 0 Å². The first-order chi connectivity index (χ1) is 8.43. The lowest BCUT2D eigenvalue weighted by Crippen LogP contribution is -2.20. The minimum absolute atomic E-state index is 1.28. The first-order valence-electron chi connectivity index (χ1n) is 7.31. The van der Waals surface area contributed by atoms with Crippen molar-refractivity contribution in [3.05, 3.63) is 0 Å². The van der Waals surface area contributed by atoms with E-state index >= 15 is 0 Å². The van der Waals surface area contributed by atoms with E-state index in [0.717, 1.165) is 0 Å². The Morgan fingerprint density at radius 2 is 1.76 bits per heavy atom. The van der Waals surface area contributed by atoms with Crippen LogP contribution in [0.25, 0.3) is 0 Å². The number of nitrogens with zero attached hydrogens (tertiary/aromatic N) is 1. The molecule has 1 rings (SSSR count). The van der Waals surface area contributed by atoms with Crippen LogP contribution in [-0.2, 0) is 0 Å². The molecule has 1 heterocycles. The van der Waals surface area contributed by atoms with Crippen molar-refractivity contribution in [1.82, 2.24) is 4.90 Å². The van der Waals surface area contributed by atoms with Crippen LogP contribution in [0.15, 0.2) is 0 Å². The Balaban J connectivity index is 1.69. The predicted octanol–water partition coefficient (Wildman–Crippen LogP) is 4.48. The van der Waals surface area contributed by atoms with Gasteiger partial charge in [-0.3, -0.25) is 4.90 Å². The van der Waals surface area contributed by atoms with Gasteiger partial charge < -0.3 is 0 Å². The monoisotopic (exact) mass is 275 g/mol. The Morgan fingerprint density at radius 3 is 2.41 bits per heavy atom. The molecule has 0 unspecified atom stereocenters. The fraction of sp³-hybridized carbons (Fsp3) is 1.00. The maximum atomic E-state index is 2.60. The van der Waals surface area contributed by atoms with Crippen LogP contribution in [0.1, 0.15) is 51.9 Å². The molecule has 1 saturated heterocycles. The minimum atomic E-state index is 1.28. The summed E-state index contributed by atoms with van der Waals surface area (Å²) >= 11 is 4.25. The van der Waals surface area contributed by atoms with Gasteiger partial charge in [0, 0.05) is 18.2 Å². The molecular formula is C14H29NS2. The molecule has 1 aliphatic rings. The van der Waals surface area contributed by atoms with E-state index in [1.54, 1.807) is 0 Å². The van der Waals surface area contributed by atoms with Crippen molar-refractivity contribution < 1.29 is 0 Å². The molecule has 0 aromatic heterocycles. The molecule has 1 fully saturated rings. The van der Waals surface area contributed by atoms with Crippen LogP contribution in [-0.4, -0.2) is 41.1 Å². The van der Waals surface area contributed by atoms with Crippen LogP contribution in [0.4, 0.5) is 0 Å². The molecular weight excluding hydrogens is 246 g/mol. The number of hydrogen-bond donors (Lipinski definition) is 0. The molecule has 0 N–H and O–H groups in total. The molecule has 0 radical (unpaired) electrons. The summed E-state index contributed by atoms with van der Waals surface area (Å²) in [6.45, 7) is 4.96. The summed E-state index contributed by atoms with van der Waals surface area (Å²) in [7, 11) is 0. The van der Waals surface area contributed by atoms with Gasteiger partial charge in [-0.2, -0.15) is 11.8 Å². The van der Waals surface area contributed by atoms with Crippen molar-refractivity contribution in [3.63, 3.8) is 0 Å². The Morgan fingerprint density at radius 1 is 1.00 bits per heavy atom. The quantitative estimate of drug-likeness (QED) is 0.512. The third-order valence-electron chi connectivity index (χ3n) is 3.23. The fourth-order valence-electron chi connectivity index (χ4n) is 2.08. The molecule has 0 atom stereocenters. The molecule has 0 aromatic rings. The van der Waals surface area contributed by atoms with E-state index in [-0.39, 0.29) is 0 Å². The normalized spacial score (nSPS) is 16.8. The van der Waals surface area contributed by atoms with Gasteiger partial charge in [-0.1, -0.05) is 32.6 Å². The highest BCUT2D eigenvalue weighted by molar-refractivity contribution is 7.99. The van der Waals surface area contributed by atoms with Crippen LogP contribution < -0.4 is 0 Å². The van der Waals surface area contributed by atoms with Crippen LogP contribution >= 0.6 is 23.5 Å². The van der Waals surface area contributed by atoms with Gasteiger partial charge in [-0.25, -0.2) is 0 Å². The summed E-state index contributed by atoms with van der Waals surface area (Å²) in [4.78, 5) is 2.60. The van der Waals surface area contributed by atoms with Gasteiger partial charge in [0.2, 0.25) is 0 Å². The summed E-state index contributed by atoms with van der Waals surface area (Å²) in [5.74, 6) is 5.42. The highest BCUT2D eigenvalue weighted by Crippen LogP contribution is 2.15. The molecule has 102 valence electrons. The summed E-state index contributed by atoms with van der Waals surface area (Å²) < 4.78 is 0. The molecule has 0 bridgehead atoms. The number of rotatable bonds is 11. The SMILES string of the molecule is CCCCCCSCCCCCN1CCSC1. The molecule has 1 aliphatic heterocycles. The van der Waals surface area contributed by atoms with Crippen LogP contribution in [0.3, 0.4) is 0 Å². The van der Waals surface area contributed by atoms with Crippen molar-refractivity contribution in [2.24, 2.45) is 0 Å². The van der Waals surface area contributed by atoms with E-state index in [2.05, 4.69) is 35.3 Å². The Kier molecular flexibility index (Phi) is 10.8. The second-order valence-corrected chi connectivity index (χ2v) is 7.19. The van der Waals surface area contributed by atoms with Crippen molar-refractivity contribution in [2.75, 3.05) is 36.2 Å². The molecule has 17 heavy (non-hydrogen) atoms. The molecule has 0 amide bonds. The molecule has 0 saturated carbocycles. The van der Waals surface area contributed by atoms with Crippen molar-refractivity contribution in [2.45, 2.75) is 51.9 Å². The Bertz CT molecular complexity index is 158. The maximum Gasteiger partial charge on any atom is 0.0445 e. The maximum absolute atomic E-state index is 2.60. The number of hydrogen-bond acceptors (Lipinski definition) is 3. The standard InChI is InChI=1S/C14H29NS2/c1-2-3-4-7-11-16-12-8-5-6-9-15-10-13-17-14-15/h2-14H2,1H3. The zero-order valence-corrected chi connectivity index (χ0v) is 13.1. The van der Waals surface area contributed by atoms with Crippen LogP contribution in [0.5, 0.6) is 0 Å². The summed E-state index contributed by atoms with van der Waals surface area (Å²) in [5.41, 5.74) is 0. The van der Waals surface area contributed by atoms with Crippen LogP contribution in [0.2, 0.25) is 0 Å². The summed E-state index contributed by atoms with van der Waals surface area (Å²) in [5, 5.41) is 0. The van der Waals surface area contributed by atoms with Gasteiger partial charge in [0.15, 0.2) is 0 Å². The second-order valence-electron chi connectivity index (χ2n) is 4.89. The molecule has 0 aromatic carbocycles. The Labute approximate surface area is 116 Å². The average molecular weight is 276 g/mol.